The van der Waals surface area contributed by atoms with Crippen molar-refractivity contribution in [1.29, 1.82) is 0 Å². The number of rotatable bonds is 10. The topological polar surface area (TPSA) is 139 Å². The molecule has 11 nitrogen and oxygen atoms in total. The van der Waals surface area contributed by atoms with Crippen molar-refractivity contribution in [1.82, 2.24) is 20.1 Å². The minimum absolute atomic E-state index is 0.0132. The van der Waals surface area contributed by atoms with Gasteiger partial charge in [0.1, 0.15) is 11.4 Å². The number of nitrogens with zero attached hydrogens (tertiary/aromatic N) is 3. The van der Waals surface area contributed by atoms with Gasteiger partial charge in [-0.2, -0.15) is 8.42 Å². The third kappa shape index (κ3) is 8.46. The summed E-state index contributed by atoms with van der Waals surface area (Å²) in [5.41, 5.74) is 0.286. The fourth-order valence-electron chi connectivity index (χ4n) is 2.62. The van der Waals surface area contributed by atoms with Gasteiger partial charge >= 0.3 is 12.1 Å². The van der Waals surface area contributed by atoms with Crippen LogP contribution >= 0.6 is 0 Å². The number of esters is 1. The zero-order valence-electron chi connectivity index (χ0n) is 19.5. The SMILES string of the molecule is CCOC(=O)c1nc(CCNC(=O)OC(C)(C)C)n(CCOS(=O)(=O)c2ccc(C)cc2)n1. The first kappa shape index (κ1) is 26.3. The van der Waals surface area contributed by atoms with Gasteiger partial charge in [0.25, 0.3) is 15.9 Å². The van der Waals surface area contributed by atoms with Crippen molar-refractivity contribution in [3.05, 3.63) is 41.5 Å². The standard InChI is InChI=1S/C21H30N4O7S/c1-6-30-19(26)18-23-17(11-12-22-20(27)32-21(3,4)5)25(24-18)13-14-31-33(28,29)16-9-7-15(2)8-10-16/h7-10H,6,11-14H2,1-5H3,(H,22,27). The maximum Gasteiger partial charge on any atom is 0.407 e. The molecule has 1 heterocycles. The highest BCUT2D eigenvalue weighted by atomic mass is 32.2. The fraction of sp³-hybridized carbons (Fsp3) is 0.524. The maximum atomic E-state index is 12.4. The van der Waals surface area contributed by atoms with Crippen LogP contribution in [0.15, 0.2) is 29.2 Å². The van der Waals surface area contributed by atoms with Crippen LogP contribution in [0, 0.1) is 6.92 Å². The molecule has 0 aliphatic rings. The molecule has 1 aromatic carbocycles. The average molecular weight is 483 g/mol. The number of aromatic nitrogens is 3. The van der Waals surface area contributed by atoms with Crippen LogP contribution in [0.5, 0.6) is 0 Å². The third-order valence-corrected chi connectivity index (χ3v) is 5.40. The summed E-state index contributed by atoms with van der Waals surface area (Å²) in [6.45, 7) is 8.86. The largest absolute Gasteiger partial charge is 0.460 e. The highest BCUT2D eigenvalue weighted by Gasteiger charge is 2.20. The van der Waals surface area contributed by atoms with Crippen LogP contribution in [0.1, 0.15) is 49.7 Å². The van der Waals surface area contributed by atoms with Gasteiger partial charge < -0.3 is 14.8 Å². The van der Waals surface area contributed by atoms with Gasteiger partial charge in [-0.05, 0) is 46.8 Å². The average Bonchev–Trinajstić information content (AvgIpc) is 3.10. The molecule has 2 aromatic rings. The van der Waals surface area contributed by atoms with Crippen LogP contribution in [-0.2, 0) is 36.7 Å². The smallest absolute Gasteiger partial charge is 0.407 e. The Kier molecular flexibility index (Phi) is 8.94. The van der Waals surface area contributed by atoms with Crippen molar-refractivity contribution in [2.75, 3.05) is 19.8 Å². The van der Waals surface area contributed by atoms with Gasteiger partial charge in [0, 0.05) is 13.0 Å². The molecular weight excluding hydrogens is 452 g/mol. The van der Waals surface area contributed by atoms with Crippen LogP contribution in [0.3, 0.4) is 0 Å². The summed E-state index contributed by atoms with van der Waals surface area (Å²) < 4.78 is 41.3. The summed E-state index contributed by atoms with van der Waals surface area (Å²) in [4.78, 5) is 28.1. The predicted molar refractivity (Wildman–Crippen MR) is 118 cm³/mol. The van der Waals surface area contributed by atoms with Gasteiger partial charge in [0.2, 0.25) is 0 Å². The molecule has 2 rings (SSSR count). The Morgan fingerprint density at radius 1 is 1.15 bits per heavy atom. The van der Waals surface area contributed by atoms with E-state index in [2.05, 4.69) is 15.4 Å². The molecule has 0 fully saturated rings. The number of benzene rings is 1. The van der Waals surface area contributed by atoms with Gasteiger partial charge in [-0.25, -0.2) is 19.3 Å². The third-order valence-electron chi connectivity index (χ3n) is 4.07. The zero-order valence-corrected chi connectivity index (χ0v) is 20.3. The Bertz CT molecular complexity index is 1060. The molecule has 0 saturated carbocycles. The molecule has 0 radical (unpaired) electrons. The minimum atomic E-state index is -3.95. The Hall–Kier alpha value is -2.99. The van der Waals surface area contributed by atoms with Gasteiger partial charge in [0.15, 0.2) is 0 Å². The van der Waals surface area contributed by atoms with Crippen molar-refractivity contribution in [2.45, 2.75) is 58.1 Å². The van der Waals surface area contributed by atoms with Crippen LogP contribution in [0.2, 0.25) is 0 Å². The lowest BCUT2D eigenvalue weighted by Gasteiger charge is -2.19. The van der Waals surface area contributed by atoms with Crippen molar-refractivity contribution in [3.8, 4) is 0 Å². The van der Waals surface area contributed by atoms with E-state index in [0.717, 1.165) is 5.56 Å². The summed E-state index contributed by atoms with van der Waals surface area (Å²) in [6, 6.07) is 6.28. The zero-order chi connectivity index (χ0) is 24.6. The summed E-state index contributed by atoms with van der Waals surface area (Å²) in [7, 11) is -3.95. The first-order valence-electron chi connectivity index (χ1n) is 10.4. The summed E-state index contributed by atoms with van der Waals surface area (Å²) >= 11 is 0. The monoisotopic (exact) mass is 482 g/mol. The molecule has 0 spiro atoms. The van der Waals surface area contributed by atoms with Gasteiger partial charge in [-0.1, -0.05) is 17.7 Å². The molecule has 0 aliphatic heterocycles. The van der Waals surface area contributed by atoms with Crippen LogP contribution in [0.4, 0.5) is 4.79 Å². The lowest BCUT2D eigenvalue weighted by atomic mass is 10.2. The molecular formula is C21H30N4O7S. The second kappa shape index (κ2) is 11.2. The number of hydrogen-bond acceptors (Lipinski definition) is 9. The maximum absolute atomic E-state index is 12.4. The van der Waals surface area contributed by atoms with E-state index in [4.69, 9.17) is 13.7 Å². The minimum Gasteiger partial charge on any atom is -0.460 e. The van der Waals surface area contributed by atoms with Crippen molar-refractivity contribution < 1.29 is 31.7 Å². The van der Waals surface area contributed by atoms with Crippen LogP contribution < -0.4 is 5.32 Å². The van der Waals surface area contributed by atoms with E-state index in [1.54, 1.807) is 39.8 Å². The molecule has 12 heteroatoms. The molecule has 0 bridgehead atoms. The first-order chi connectivity index (χ1) is 15.4. The normalized spacial score (nSPS) is 11.8. The quantitative estimate of drug-likeness (QED) is 0.399. The number of carbonyl (C=O) groups is 2. The van der Waals surface area contributed by atoms with Crippen molar-refractivity contribution in [3.63, 3.8) is 0 Å². The van der Waals surface area contributed by atoms with E-state index >= 15 is 0 Å². The Morgan fingerprint density at radius 3 is 2.42 bits per heavy atom. The van der Waals surface area contributed by atoms with E-state index in [-0.39, 0.29) is 43.4 Å². The van der Waals surface area contributed by atoms with Crippen molar-refractivity contribution in [2.24, 2.45) is 0 Å². The number of hydrogen-bond donors (Lipinski definition) is 1. The number of alkyl carbamates (subject to hydrolysis) is 1. The molecule has 0 saturated heterocycles. The fourth-order valence-corrected chi connectivity index (χ4v) is 3.52. The molecule has 182 valence electrons. The van der Waals surface area contributed by atoms with Gasteiger partial charge in [-0.15, -0.1) is 5.10 Å². The Balaban J connectivity index is 2.05. The highest BCUT2D eigenvalue weighted by molar-refractivity contribution is 7.86. The molecule has 33 heavy (non-hydrogen) atoms. The molecule has 0 atom stereocenters. The molecule has 1 aromatic heterocycles. The summed E-state index contributed by atoms with van der Waals surface area (Å²) in [5, 5.41) is 6.70. The Morgan fingerprint density at radius 2 is 1.82 bits per heavy atom. The number of carbonyl (C=O) groups excluding carboxylic acids is 2. The second-order valence-electron chi connectivity index (χ2n) is 8.06. The lowest BCUT2D eigenvalue weighted by Crippen LogP contribution is -2.33. The Labute approximate surface area is 193 Å². The molecule has 1 amide bonds. The molecule has 1 N–H and O–H groups in total. The second-order valence-corrected chi connectivity index (χ2v) is 9.68. The number of ether oxygens (including phenoxy) is 2. The number of aryl methyl sites for hydroxylation is 1. The summed E-state index contributed by atoms with van der Waals surface area (Å²) in [5.74, 6) is -0.512. The predicted octanol–water partition coefficient (Wildman–Crippen LogP) is 2.24. The lowest BCUT2D eigenvalue weighted by molar-refractivity contribution is 0.0505. The number of amides is 1. The van der Waals surface area contributed by atoms with Crippen LogP contribution in [0.25, 0.3) is 0 Å². The molecule has 0 aliphatic carbocycles. The van der Waals surface area contributed by atoms with E-state index < -0.39 is 27.8 Å². The highest BCUT2D eigenvalue weighted by Crippen LogP contribution is 2.13. The first-order valence-corrected chi connectivity index (χ1v) is 11.9. The number of nitrogens with one attached hydrogen (secondary N) is 1. The van der Waals surface area contributed by atoms with E-state index in [9.17, 15) is 18.0 Å². The van der Waals surface area contributed by atoms with E-state index in [1.165, 1.54) is 16.8 Å². The van der Waals surface area contributed by atoms with E-state index in [0.29, 0.717) is 5.82 Å². The van der Waals surface area contributed by atoms with Gasteiger partial charge in [0.05, 0.1) is 24.7 Å². The van der Waals surface area contributed by atoms with E-state index in [1.807, 2.05) is 6.92 Å². The van der Waals surface area contributed by atoms with Crippen molar-refractivity contribution >= 4 is 22.2 Å². The molecule has 0 unspecified atom stereocenters. The van der Waals surface area contributed by atoms with Crippen LogP contribution in [-0.4, -0.2) is 60.6 Å². The summed E-state index contributed by atoms with van der Waals surface area (Å²) in [6.07, 6.45) is -0.372. The van der Waals surface area contributed by atoms with Gasteiger partial charge in [-0.3, -0.25) is 4.18 Å².